The maximum Gasteiger partial charge on any atom is 0.309 e. The monoisotopic (exact) mass is 371 g/mol. The SMILES string of the molecule is CNC(=O)C(=O)NC[C@@H]1OCCCN1S(=O)(=O)c1ccc(OC)cc1. The second-order valence-electron chi connectivity index (χ2n) is 5.26. The van der Waals surface area contributed by atoms with Crippen molar-refractivity contribution in [3.8, 4) is 5.75 Å². The van der Waals surface area contributed by atoms with E-state index in [9.17, 15) is 18.0 Å². The lowest BCUT2D eigenvalue weighted by atomic mass is 10.3. The predicted molar refractivity (Wildman–Crippen MR) is 88.3 cm³/mol. The molecule has 1 aliphatic rings. The van der Waals surface area contributed by atoms with Crippen LogP contribution in [0, 0.1) is 0 Å². The van der Waals surface area contributed by atoms with Gasteiger partial charge >= 0.3 is 11.8 Å². The van der Waals surface area contributed by atoms with Crippen LogP contribution in [0.1, 0.15) is 6.42 Å². The van der Waals surface area contributed by atoms with Crippen LogP contribution in [0.15, 0.2) is 29.2 Å². The molecule has 0 saturated carbocycles. The van der Waals surface area contributed by atoms with Crippen LogP contribution in [0.3, 0.4) is 0 Å². The average Bonchev–Trinajstić information content (AvgIpc) is 2.65. The molecular weight excluding hydrogens is 350 g/mol. The van der Waals surface area contributed by atoms with E-state index in [0.717, 1.165) is 0 Å². The second kappa shape index (κ2) is 8.28. The van der Waals surface area contributed by atoms with Crippen molar-refractivity contribution in [3.05, 3.63) is 24.3 Å². The maximum atomic E-state index is 12.8. The van der Waals surface area contributed by atoms with E-state index in [1.807, 2.05) is 0 Å². The summed E-state index contributed by atoms with van der Waals surface area (Å²) >= 11 is 0. The number of nitrogens with one attached hydrogen (secondary N) is 2. The van der Waals surface area contributed by atoms with Gasteiger partial charge in [-0.3, -0.25) is 9.59 Å². The number of likely N-dealkylation sites (N-methyl/N-ethyl adjacent to an activating group) is 1. The molecule has 138 valence electrons. The molecule has 1 heterocycles. The van der Waals surface area contributed by atoms with Crippen LogP contribution in [0.25, 0.3) is 0 Å². The van der Waals surface area contributed by atoms with Crippen molar-refractivity contribution in [1.29, 1.82) is 0 Å². The smallest absolute Gasteiger partial charge is 0.309 e. The van der Waals surface area contributed by atoms with Crippen LogP contribution in [0.4, 0.5) is 0 Å². The molecule has 0 spiro atoms. The van der Waals surface area contributed by atoms with Crippen molar-refractivity contribution in [1.82, 2.24) is 14.9 Å². The highest BCUT2D eigenvalue weighted by Crippen LogP contribution is 2.23. The normalized spacial score (nSPS) is 18.4. The Morgan fingerprint density at radius 3 is 2.56 bits per heavy atom. The van der Waals surface area contributed by atoms with Gasteiger partial charge in [0.25, 0.3) is 0 Å². The van der Waals surface area contributed by atoms with Crippen molar-refractivity contribution < 1.29 is 27.5 Å². The molecule has 0 aromatic heterocycles. The molecule has 0 radical (unpaired) electrons. The van der Waals surface area contributed by atoms with Gasteiger partial charge in [-0.1, -0.05) is 0 Å². The Kier molecular flexibility index (Phi) is 6.34. The zero-order valence-electron chi connectivity index (χ0n) is 14.0. The molecule has 25 heavy (non-hydrogen) atoms. The number of carbonyl (C=O) groups excluding carboxylic acids is 2. The third kappa shape index (κ3) is 4.47. The summed E-state index contributed by atoms with van der Waals surface area (Å²) in [7, 11) is -0.983. The highest BCUT2D eigenvalue weighted by Gasteiger charge is 2.34. The molecule has 1 aromatic rings. The third-order valence-corrected chi connectivity index (χ3v) is 5.59. The number of rotatable bonds is 5. The lowest BCUT2D eigenvalue weighted by molar-refractivity contribution is -0.139. The average molecular weight is 371 g/mol. The number of benzene rings is 1. The molecule has 2 rings (SSSR count). The van der Waals surface area contributed by atoms with Crippen LogP contribution in [0.2, 0.25) is 0 Å². The van der Waals surface area contributed by atoms with Gasteiger partial charge in [0, 0.05) is 13.6 Å². The number of sulfonamides is 1. The van der Waals surface area contributed by atoms with E-state index in [-0.39, 0.29) is 18.0 Å². The molecule has 2 amide bonds. The standard InChI is InChI=1S/C15H21N3O6S/c1-16-14(19)15(20)17-10-13-18(8-3-9-24-13)25(21,22)12-6-4-11(23-2)5-7-12/h4-7,13H,3,8-10H2,1-2H3,(H,16,19)(H,17,20)/t13-/m0/s1. The first-order valence-electron chi connectivity index (χ1n) is 7.67. The zero-order valence-corrected chi connectivity index (χ0v) is 14.8. The Bertz CT molecular complexity index is 719. The lowest BCUT2D eigenvalue weighted by Crippen LogP contribution is -2.52. The first-order chi connectivity index (χ1) is 11.9. The Morgan fingerprint density at radius 1 is 1.28 bits per heavy atom. The zero-order chi connectivity index (χ0) is 18.4. The van der Waals surface area contributed by atoms with Crippen LogP contribution in [-0.4, -0.2) is 64.6 Å². The Morgan fingerprint density at radius 2 is 1.96 bits per heavy atom. The molecule has 0 bridgehead atoms. The minimum atomic E-state index is -3.81. The molecule has 9 nitrogen and oxygen atoms in total. The quantitative estimate of drug-likeness (QED) is 0.661. The summed E-state index contributed by atoms with van der Waals surface area (Å²) in [6.45, 7) is 0.506. The summed E-state index contributed by atoms with van der Waals surface area (Å²) in [5, 5.41) is 4.57. The topological polar surface area (TPSA) is 114 Å². The van der Waals surface area contributed by atoms with Crippen molar-refractivity contribution in [2.45, 2.75) is 17.5 Å². The van der Waals surface area contributed by atoms with Gasteiger partial charge in [0.05, 0.1) is 25.2 Å². The first-order valence-corrected chi connectivity index (χ1v) is 9.11. The molecule has 1 saturated heterocycles. The Balaban J connectivity index is 2.15. The second-order valence-corrected chi connectivity index (χ2v) is 7.15. The molecule has 1 atom stereocenters. The largest absolute Gasteiger partial charge is 0.497 e. The fraction of sp³-hybridized carbons (Fsp3) is 0.467. The van der Waals surface area contributed by atoms with Gasteiger partial charge in [0.1, 0.15) is 12.0 Å². The number of ether oxygens (including phenoxy) is 2. The summed E-state index contributed by atoms with van der Waals surface area (Å²) in [5.41, 5.74) is 0. The lowest BCUT2D eigenvalue weighted by Gasteiger charge is -2.34. The van der Waals surface area contributed by atoms with E-state index in [1.54, 1.807) is 12.1 Å². The van der Waals surface area contributed by atoms with Crippen molar-refractivity contribution in [2.75, 3.05) is 33.9 Å². The Labute approximate surface area is 146 Å². The van der Waals surface area contributed by atoms with Gasteiger partial charge in [0.2, 0.25) is 10.0 Å². The molecule has 1 fully saturated rings. The fourth-order valence-electron chi connectivity index (χ4n) is 2.36. The van der Waals surface area contributed by atoms with E-state index in [0.29, 0.717) is 18.8 Å². The van der Waals surface area contributed by atoms with Crippen molar-refractivity contribution in [3.63, 3.8) is 0 Å². The highest BCUT2D eigenvalue weighted by atomic mass is 32.2. The molecule has 0 aliphatic carbocycles. The van der Waals surface area contributed by atoms with Gasteiger partial charge < -0.3 is 20.1 Å². The summed E-state index contributed by atoms with van der Waals surface area (Å²) in [6.07, 6.45) is -0.343. The molecular formula is C15H21N3O6S. The van der Waals surface area contributed by atoms with E-state index < -0.39 is 28.1 Å². The minimum absolute atomic E-state index is 0.0985. The molecule has 10 heteroatoms. The first kappa shape index (κ1) is 19.2. The third-order valence-electron chi connectivity index (χ3n) is 3.69. The minimum Gasteiger partial charge on any atom is -0.497 e. The van der Waals surface area contributed by atoms with E-state index in [4.69, 9.17) is 9.47 Å². The number of hydrogen-bond donors (Lipinski definition) is 2. The van der Waals surface area contributed by atoms with Crippen molar-refractivity contribution in [2.24, 2.45) is 0 Å². The van der Waals surface area contributed by atoms with Crippen LogP contribution >= 0.6 is 0 Å². The van der Waals surface area contributed by atoms with Gasteiger partial charge in [-0.2, -0.15) is 4.31 Å². The van der Waals surface area contributed by atoms with E-state index in [1.165, 1.54) is 30.6 Å². The van der Waals surface area contributed by atoms with Crippen LogP contribution in [0.5, 0.6) is 5.75 Å². The summed E-state index contributed by atoms with van der Waals surface area (Å²) in [6, 6.07) is 6.01. The maximum absolute atomic E-state index is 12.8. The molecule has 1 aliphatic heterocycles. The highest BCUT2D eigenvalue weighted by molar-refractivity contribution is 7.89. The molecule has 2 N–H and O–H groups in total. The summed E-state index contributed by atoms with van der Waals surface area (Å²) in [4.78, 5) is 22.9. The van der Waals surface area contributed by atoms with Gasteiger partial charge in [0.15, 0.2) is 0 Å². The van der Waals surface area contributed by atoms with Gasteiger partial charge in [-0.15, -0.1) is 0 Å². The Hall–Kier alpha value is -2.17. The molecule has 1 aromatic carbocycles. The fourth-order valence-corrected chi connectivity index (χ4v) is 3.92. The number of hydrogen-bond acceptors (Lipinski definition) is 6. The number of methoxy groups -OCH3 is 1. The molecule has 0 unspecified atom stereocenters. The van der Waals surface area contributed by atoms with E-state index in [2.05, 4.69) is 10.6 Å². The number of nitrogens with zero attached hydrogens (tertiary/aromatic N) is 1. The van der Waals surface area contributed by atoms with Gasteiger partial charge in [-0.25, -0.2) is 8.42 Å². The van der Waals surface area contributed by atoms with Crippen molar-refractivity contribution >= 4 is 21.8 Å². The van der Waals surface area contributed by atoms with Crippen LogP contribution in [-0.2, 0) is 24.3 Å². The van der Waals surface area contributed by atoms with Crippen LogP contribution < -0.4 is 15.4 Å². The van der Waals surface area contributed by atoms with Gasteiger partial charge in [-0.05, 0) is 30.7 Å². The summed E-state index contributed by atoms with van der Waals surface area (Å²) in [5.74, 6) is -1.11. The number of amides is 2. The van der Waals surface area contributed by atoms with E-state index >= 15 is 0 Å². The summed E-state index contributed by atoms with van der Waals surface area (Å²) < 4.78 is 37.4. The predicted octanol–water partition coefficient (Wildman–Crippen LogP) is -0.705. The number of carbonyl (C=O) groups is 2.